The van der Waals surface area contributed by atoms with Gasteiger partial charge in [0.2, 0.25) is 5.91 Å². The van der Waals surface area contributed by atoms with Gasteiger partial charge < -0.3 is 0 Å². The zero-order valence-electron chi connectivity index (χ0n) is 11.5. The molecule has 0 fully saturated rings. The van der Waals surface area contributed by atoms with Crippen molar-refractivity contribution in [2.24, 2.45) is 5.92 Å². The molecule has 0 unspecified atom stereocenters. The van der Waals surface area contributed by atoms with E-state index < -0.39 is 5.91 Å². The van der Waals surface area contributed by atoms with Crippen molar-refractivity contribution in [2.75, 3.05) is 0 Å². The van der Waals surface area contributed by atoms with E-state index >= 15 is 0 Å². The molecule has 5 heteroatoms. The van der Waals surface area contributed by atoms with Gasteiger partial charge in [-0.3, -0.25) is 20.4 Å². The topological polar surface area (TPSA) is 71.1 Å². The number of rotatable bonds is 3. The number of hydrazine groups is 1. The van der Waals surface area contributed by atoms with E-state index in [1.807, 2.05) is 44.2 Å². The van der Waals surface area contributed by atoms with Crippen molar-refractivity contribution in [3.63, 3.8) is 0 Å². The summed E-state index contributed by atoms with van der Waals surface area (Å²) < 4.78 is 0. The summed E-state index contributed by atoms with van der Waals surface area (Å²) in [5.41, 5.74) is 5.77. The first-order chi connectivity index (χ1) is 9.56. The Labute approximate surface area is 117 Å². The number of para-hydroxylation sites is 1. The second-order valence-corrected chi connectivity index (χ2v) is 4.99. The third kappa shape index (κ3) is 3.54. The van der Waals surface area contributed by atoms with Crippen molar-refractivity contribution in [3.05, 3.63) is 42.1 Å². The number of nitrogens with zero attached hydrogens (tertiary/aromatic N) is 1. The summed E-state index contributed by atoms with van der Waals surface area (Å²) in [5.74, 6) is -0.396. The lowest BCUT2D eigenvalue weighted by molar-refractivity contribution is -0.122. The van der Waals surface area contributed by atoms with Gasteiger partial charge in [-0.15, -0.1) is 0 Å². The number of pyridine rings is 1. The predicted molar refractivity (Wildman–Crippen MR) is 76.8 cm³/mol. The Morgan fingerprint density at radius 2 is 1.85 bits per heavy atom. The zero-order valence-corrected chi connectivity index (χ0v) is 11.5. The lowest BCUT2D eigenvalue weighted by Gasteiger charge is -2.08. The highest BCUT2D eigenvalue weighted by molar-refractivity contribution is 5.95. The summed E-state index contributed by atoms with van der Waals surface area (Å²) in [7, 11) is 0. The van der Waals surface area contributed by atoms with Crippen LogP contribution >= 0.6 is 0 Å². The van der Waals surface area contributed by atoms with Gasteiger partial charge in [0.1, 0.15) is 5.69 Å². The Bertz CT molecular complexity index is 638. The average Bonchev–Trinajstić information content (AvgIpc) is 2.43. The van der Waals surface area contributed by atoms with Crippen LogP contribution in [0.1, 0.15) is 30.8 Å². The van der Waals surface area contributed by atoms with Gasteiger partial charge in [-0.25, -0.2) is 4.98 Å². The third-order valence-electron chi connectivity index (χ3n) is 2.74. The number of hydrogen-bond acceptors (Lipinski definition) is 3. The first-order valence-corrected chi connectivity index (χ1v) is 6.51. The molecule has 2 rings (SSSR count). The number of nitrogens with one attached hydrogen (secondary N) is 2. The highest BCUT2D eigenvalue weighted by Gasteiger charge is 2.10. The van der Waals surface area contributed by atoms with Gasteiger partial charge in [-0.05, 0) is 18.1 Å². The van der Waals surface area contributed by atoms with Gasteiger partial charge >= 0.3 is 0 Å². The van der Waals surface area contributed by atoms with Crippen LogP contribution in [0.2, 0.25) is 0 Å². The van der Waals surface area contributed by atoms with Crippen LogP contribution in [0, 0.1) is 5.92 Å². The molecule has 104 valence electrons. The molecule has 0 saturated heterocycles. The minimum absolute atomic E-state index is 0.214. The Morgan fingerprint density at radius 3 is 2.60 bits per heavy atom. The third-order valence-corrected chi connectivity index (χ3v) is 2.74. The van der Waals surface area contributed by atoms with Gasteiger partial charge in [0.15, 0.2) is 0 Å². The number of amides is 2. The highest BCUT2D eigenvalue weighted by atomic mass is 16.2. The molecule has 2 amide bonds. The molecule has 2 aromatic rings. The van der Waals surface area contributed by atoms with E-state index in [9.17, 15) is 9.59 Å². The van der Waals surface area contributed by atoms with Crippen molar-refractivity contribution >= 4 is 22.7 Å². The normalized spacial score (nSPS) is 10.6. The smallest absolute Gasteiger partial charge is 0.273 e. The molecule has 1 heterocycles. The van der Waals surface area contributed by atoms with Crippen LogP contribution in [0.25, 0.3) is 10.9 Å². The van der Waals surface area contributed by atoms with Crippen LogP contribution in [0.4, 0.5) is 0 Å². The van der Waals surface area contributed by atoms with Crippen molar-refractivity contribution in [2.45, 2.75) is 20.3 Å². The Hall–Kier alpha value is -2.43. The van der Waals surface area contributed by atoms with Crippen LogP contribution in [-0.4, -0.2) is 16.8 Å². The molecule has 0 radical (unpaired) electrons. The second kappa shape index (κ2) is 6.14. The number of aromatic nitrogens is 1. The number of carbonyl (C=O) groups is 2. The second-order valence-electron chi connectivity index (χ2n) is 4.99. The summed E-state index contributed by atoms with van der Waals surface area (Å²) >= 11 is 0. The summed E-state index contributed by atoms with van der Waals surface area (Å²) in [4.78, 5) is 27.6. The van der Waals surface area contributed by atoms with Gasteiger partial charge in [-0.1, -0.05) is 38.1 Å². The first-order valence-electron chi connectivity index (χ1n) is 6.51. The van der Waals surface area contributed by atoms with E-state index in [1.54, 1.807) is 6.07 Å². The number of fused-ring (bicyclic) bond motifs is 1. The molecule has 20 heavy (non-hydrogen) atoms. The molecule has 0 aliphatic heterocycles. The molecule has 2 N–H and O–H groups in total. The SMILES string of the molecule is CC(C)CC(=O)NNC(=O)c1ccc2ccccc2n1. The molecule has 0 atom stereocenters. The standard InChI is InChI=1S/C15H17N3O2/c1-10(2)9-14(19)17-18-15(20)13-8-7-11-5-3-4-6-12(11)16-13/h3-8,10H,9H2,1-2H3,(H,17,19)(H,18,20). The lowest BCUT2D eigenvalue weighted by Crippen LogP contribution is -2.42. The van der Waals surface area contributed by atoms with Crippen LogP contribution in [-0.2, 0) is 4.79 Å². The largest absolute Gasteiger partial charge is 0.288 e. The minimum Gasteiger partial charge on any atom is -0.273 e. The number of hydrogen-bond donors (Lipinski definition) is 2. The van der Waals surface area contributed by atoms with Crippen LogP contribution in [0.3, 0.4) is 0 Å². The maximum atomic E-state index is 11.9. The van der Waals surface area contributed by atoms with E-state index in [-0.39, 0.29) is 17.5 Å². The van der Waals surface area contributed by atoms with Gasteiger partial charge in [0.05, 0.1) is 5.52 Å². The van der Waals surface area contributed by atoms with E-state index in [0.717, 1.165) is 10.9 Å². The fraction of sp³-hybridized carbons (Fsp3) is 0.267. The minimum atomic E-state index is -0.423. The van der Waals surface area contributed by atoms with Gasteiger partial charge in [-0.2, -0.15) is 0 Å². The van der Waals surface area contributed by atoms with Gasteiger partial charge in [0, 0.05) is 11.8 Å². The summed E-state index contributed by atoms with van der Waals surface area (Å²) in [5, 5.41) is 0.966. The van der Waals surface area contributed by atoms with Crippen molar-refractivity contribution in [1.29, 1.82) is 0 Å². The molecule has 1 aromatic heterocycles. The lowest BCUT2D eigenvalue weighted by atomic mass is 10.1. The number of carbonyl (C=O) groups excluding carboxylic acids is 2. The van der Waals surface area contributed by atoms with Gasteiger partial charge in [0.25, 0.3) is 5.91 Å². The molecule has 0 bridgehead atoms. The molecule has 1 aromatic carbocycles. The summed E-state index contributed by atoms with van der Waals surface area (Å²) in [6.07, 6.45) is 0.366. The quantitative estimate of drug-likeness (QED) is 0.839. The fourth-order valence-electron chi connectivity index (χ4n) is 1.80. The molecule has 0 spiro atoms. The average molecular weight is 271 g/mol. The van der Waals surface area contributed by atoms with E-state index in [2.05, 4.69) is 15.8 Å². The Kier molecular flexibility index (Phi) is 4.30. The predicted octanol–water partition coefficient (Wildman–Crippen LogP) is 2.04. The Balaban J connectivity index is 2.02. The molecule has 5 nitrogen and oxygen atoms in total. The highest BCUT2D eigenvalue weighted by Crippen LogP contribution is 2.11. The van der Waals surface area contributed by atoms with Crippen molar-refractivity contribution < 1.29 is 9.59 Å². The molecule has 0 aliphatic rings. The van der Waals surface area contributed by atoms with Crippen molar-refractivity contribution in [1.82, 2.24) is 15.8 Å². The van der Waals surface area contributed by atoms with Crippen LogP contribution in [0.15, 0.2) is 36.4 Å². The Morgan fingerprint density at radius 1 is 1.10 bits per heavy atom. The monoisotopic (exact) mass is 271 g/mol. The molecule has 0 aliphatic carbocycles. The van der Waals surface area contributed by atoms with Crippen molar-refractivity contribution in [3.8, 4) is 0 Å². The molecular formula is C15H17N3O2. The summed E-state index contributed by atoms with van der Waals surface area (Å²) in [6, 6.07) is 11.0. The van der Waals surface area contributed by atoms with Crippen LogP contribution < -0.4 is 10.9 Å². The van der Waals surface area contributed by atoms with E-state index in [1.165, 1.54) is 0 Å². The summed E-state index contributed by atoms with van der Waals surface area (Å²) in [6.45, 7) is 3.87. The molecule has 0 saturated carbocycles. The zero-order chi connectivity index (χ0) is 14.5. The first kappa shape index (κ1) is 14.0. The fourth-order valence-corrected chi connectivity index (χ4v) is 1.80. The number of benzene rings is 1. The molecular weight excluding hydrogens is 254 g/mol. The maximum absolute atomic E-state index is 11.9. The van der Waals surface area contributed by atoms with E-state index in [4.69, 9.17) is 0 Å². The van der Waals surface area contributed by atoms with E-state index in [0.29, 0.717) is 6.42 Å². The van der Waals surface area contributed by atoms with Crippen LogP contribution in [0.5, 0.6) is 0 Å². The maximum Gasteiger partial charge on any atom is 0.288 e.